The van der Waals surface area contributed by atoms with Crippen LogP contribution in [-0.2, 0) is 6.54 Å². The predicted octanol–water partition coefficient (Wildman–Crippen LogP) is 2.28. The molecule has 1 aromatic carbocycles. The van der Waals surface area contributed by atoms with Crippen LogP contribution in [0.1, 0.15) is 18.4 Å². The second-order valence-corrected chi connectivity index (χ2v) is 5.76. The molecule has 0 spiro atoms. The molecule has 0 amide bonds. The fraction of sp³-hybridized carbons (Fsp3) is 0.286. The van der Waals surface area contributed by atoms with E-state index < -0.39 is 0 Å². The maximum atomic E-state index is 11.7. The van der Waals surface area contributed by atoms with Crippen molar-refractivity contribution in [2.24, 2.45) is 0 Å². The molecule has 0 saturated heterocycles. The first-order chi connectivity index (χ1) is 9.65. The molecule has 6 heteroatoms. The molecule has 1 aliphatic carbocycles. The minimum absolute atomic E-state index is 0.155. The van der Waals surface area contributed by atoms with Crippen LogP contribution in [0.3, 0.4) is 0 Å². The summed E-state index contributed by atoms with van der Waals surface area (Å²) in [5, 5.41) is 0. The third kappa shape index (κ3) is 2.70. The number of aromatic nitrogens is 2. The number of anilines is 2. The minimum atomic E-state index is -0.155. The lowest BCUT2D eigenvalue weighted by molar-refractivity contribution is 0.770. The van der Waals surface area contributed by atoms with Gasteiger partial charge in [0.25, 0.3) is 5.56 Å². The van der Waals surface area contributed by atoms with Gasteiger partial charge < -0.3 is 15.6 Å². The SMILES string of the molecule is Nc1ccc(CN(c2nc[nH]c(=O)c2Br)C2CC2)cc1. The smallest absolute Gasteiger partial charge is 0.267 e. The Morgan fingerprint density at radius 2 is 2.05 bits per heavy atom. The Bertz CT molecular complexity index is 664. The molecule has 2 aromatic rings. The Hall–Kier alpha value is -1.82. The maximum absolute atomic E-state index is 11.7. The quantitative estimate of drug-likeness (QED) is 0.841. The first-order valence-corrected chi connectivity index (χ1v) is 7.28. The lowest BCUT2D eigenvalue weighted by Gasteiger charge is -2.24. The molecular weight excluding hydrogens is 320 g/mol. The molecule has 1 saturated carbocycles. The molecule has 1 aliphatic rings. The van der Waals surface area contributed by atoms with Gasteiger partial charge in [-0.25, -0.2) is 4.98 Å². The number of rotatable bonds is 4. The van der Waals surface area contributed by atoms with Crippen molar-refractivity contribution in [1.82, 2.24) is 9.97 Å². The average molecular weight is 335 g/mol. The summed E-state index contributed by atoms with van der Waals surface area (Å²) in [7, 11) is 0. The summed E-state index contributed by atoms with van der Waals surface area (Å²) in [5.74, 6) is 0.702. The summed E-state index contributed by atoms with van der Waals surface area (Å²) in [4.78, 5) is 20.8. The summed E-state index contributed by atoms with van der Waals surface area (Å²) in [6, 6.07) is 8.25. The number of nitrogens with one attached hydrogen (secondary N) is 1. The van der Waals surface area contributed by atoms with Gasteiger partial charge in [-0.05, 0) is 46.5 Å². The fourth-order valence-corrected chi connectivity index (χ4v) is 2.60. The van der Waals surface area contributed by atoms with E-state index in [0.717, 1.165) is 30.6 Å². The molecule has 104 valence electrons. The highest BCUT2D eigenvalue weighted by Gasteiger charge is 2.31. The van der Waals surface area contributed by atoms with E-state index >= 15 is 0 Å². The van der Waals surface area contributed by atoms with Gasteiger partial charge in [0.05, 0.1) is 6.33 Å². The van der Waals surface area contributed by atoms with E-state index in [0.29, 0.717) is 16.3 Å². The Morgan fingerprint density at radius 3 is 2.70 bits per heavy atom. The van der Waals surface area contributed by atoms with E-state index in [4.69, 9.17) is 5.73 Å². The lowest BCUT2D eigenvalue weighted by Crippen LogP contribution is -2.28. The molecule has 20 heavy (non-hydrogen) atoms. The predicted molar refractivity (Wildman–Crippen MR) is 82.6 cm³/mol. The number of benzene rings is 1. The van der Waals surface area contributed by atoms with Gasteiger partial charge in [0.15, 0.2) is 5.82 Å². The second-order valence-electron chi connectivity index (χ2n) is 4.97. The van der Waals surface area contributed by atoms with Crippen LogP contribution in [0.2, 0.25) is 0 Å². The molecule has 3 rings (SSSR count). The first-order valence-electron chi connectivity index (χ1n) is 6.49. The van der Waals surface area contributed by atoms with Crippen LogP contribution in [0.5, 0.6) is 0 Å². The van der Waals surface area contributed by atoms with E-state index in [-0.39, 0.29) is 5.56 Å². The lowest BCUT2D eigenvalue weighted by atomic mass is 10.2. The summed E-state index contributed by atoms with van der Waals surface area (Å²) in [5.41, 5.74) is 7.46. The van der Waals surface area contributed by atoms with Crippen LogP contribution in [0, 0.1) is 0 Å². The molecule has 0 bridgehead atoms. The average Bonchev–Trinajstić information content (AvgIpc) is 3.26. The normalized spacial score (nSPS) is 14.2. The third-order valence-corrected chi connectivity index (χ3v) is 4.09. The highest BCUT2D eigenvalue weighted by atomic mass is 79.9. The number of nitrogens with zero attached hydrogens (tertiary/aromatic N) is 2. The molecule has 3 N–H and O–H groups in total. The minimum Gasteiger partial charge on any atom is -0.399 e. The van der Waals surface area contributed by atoms with E-state index in [2.05, 4.69) is 30.8 Å². The van der Waals surface area contributed by atoms with E-state index in [1.807, 2.05) is 24.3 Å². The molecule has 0 aliphatic heterocycles. The molecule has 1 aromatic heterocycles. The maximum Gasteiger partial charge on any atom is 0.267 e. The van der Waals surface area contributed by atoms with Gasteiger partial charge in [0.2, 0.25) is 0 Å². The van der Waals surface area contributed by atoms with Crippen molar-refractivity contribution in [1.29, 1.82) is 0 Å². The number of halogens is 1. The Balaban J connectivity index is 1.91. The number of nitrogens with two attached hydrogens (primary N) is 1. The summed E-state index contributed by atoms with van der Waals surface area (Å²) >= 11 is 3.33. The van der Waals surface area contributed by atoms with Crippen LogP contribution < -0.4 is 16.2 Å². The zero-order chi connectivity index (χ0) is 14.1. The standard InChI is InChI=1S/C14H15BrN4O/c15-12-13(17-8-18-14(12)20)19(11-5-6-11)7-9-1-3-10(16)4-2-9/h1-4,8,11H,5-7,16H2,(H,17,18,20). The number of hydrogen-bond donors (Lipinski definition) is 2. The van der Waals surface area contributed by atoms with Gasteiger partial charge >= 0.3 is 0 Å². The van der Waals surface area contributed by atoms with Gasteiger partial charge in [0.1, 0.15) is 4.47 Å². The van der Waals surface area contributed by atoms with Gasteiger partial charge in [-0.1, -0.05) is 12.1 Å². The van der Waals surface area contributed by atoms with Crippen molar-refractivity contribution >= 4 is 27.4 Å². The Kier molecular flexibility index (Phi) is 3.48. The highest BCUT2D eigenvalue weighted by molar-refractivity contribution is 9.10. The van der Waals surface area contributed by atoms with Crippen LogP contribution in [0.4, 0.5) is 11.5 Å². The van der Waals surface area contributed by atoms with E-state index in [1.165, 1.54) is 6.33 Å². The second kappa shape index (κ2) is 5.28. The summed E-state index contributed by atoms with van der Waals surface area (Å²) in [6.45, 7) is 0.722. The van der Waals surface area contributed by atoms with Crippen molar-refractivity contribution in [2.45, 2.75) is 25.4 Å². The molecule has 0 unspecified atom stereocenters. The third-order valence-electron chi connectivity index (χ3n) is 3.37. The monoisotopic (exact) mass is 334 g/mol. The van der Waals surface area contributed by atoms with Crippen molar-refractivity contribution in [3.63, 3.8) is 0 Å². The van der Waals surface area contributed by atoms with Crippen molar-refractivity contribution in [2.75, 3.05) is 10.6 Å². The molecule has 0 radical (unpaired) electrons. The van der Waals surface area contributed by atoms with Gasteiger partial charge in [-0.3, -0.25) is 4.79 Å². The Morgan fingerprint density at radius 1 is 1.35 bits per heavy atom. The molecule has 1 heterocycles. The molecule has 5 nitrogen and oxygen atoms in total. The van der Waals surface area contributed by atoms with Crippen LogP contribution >= 0.6 is 15.9 Å². The molecule has 1 fully saturated rings. The fourth-order valence-electron chi connectivity index (χ4n) is 2.16. The topological polar surface area (TPSA) is 75.0 Å². The van der Waals surface area contributed by atoms with Crippen molar-refractivity contribution < 1.29 is 0 Å². The zero-order valence-electron chi connectivity index (χ0n) is 10.8. The number of hydrogen-bond acceptors (Lipinski definition) is 4. The summed E-state index contributed by atoms with van der Waals surface area (Å²) < 4.78 is 0.488. The van der Waals surface area contributed by atoms with Crippen LogP contribution in [0.15, 0.2) is 39.9 Å². The highest BCUT2D eigenvalue weighted by Crippen LogP contribution is 2.34. The number of H-pyrrole nitrogens is 1. The molecular formula is C14H15BrN4O. The van der Waals surface area contributed by atoms with Crippen molar-refractivity contribution in [3.8, 4) is 0 Å². The van der Waals surface area contributed by atoms with Gasteiger partial charge in [-0.2, -0.15) is 0 Å². The number of nitrogen functional groups attached to an aromatic ring is 1. The Labute approximate surface area is 125 Å². The largest absolute Gasteiger partial charge is 0.399 e. The van der Waals surface area contributed by atoms with Gasteiger partial charge in [-0.15, -0.1) is 0 Å². The van der Waals surface area contributed by atoms with Crippen LogP contribution in [-0.4, -0.2) is 16.0 Å². The van der Waals surface area contributed by atoms with Gasteiger partial charge in [0, 0.05) is 18.3 Å². The molecule has 0 atom stereocenters. The summed E-state index contributed by atoms with van der Waals surface area (Å²) in [6.07, 6.45) is 3.71. The zero-order valence-corrected chi connectivity index (χ0v) is 12.4. The first kappa shape index (κ1) is 13.2. The van der Waals surface area contributed by atoms with Crippen LogP contribution in [0.25, 0.3) is 0 Å². The van der Waals surface area contributed by atoms with E-state index in [1.54, 1.807) is 0 Å². The number of aromatic amines is 1. The van der Waals surface area contributed by atoms with Crippen molar-refractivity contribution in [3.05, 3.63) is 51.0 Å². The van der Waals surface area contributed by atoms with E-state index in [9.17, 15) is 4.79 Å².